The molecule has 2 aromatic rings. The number of fused-ring (bicyclic) bond motifs is 1. The fraction of sp³-hybridized carbons (Fsp3) is 0.286. The summed E-state index contributed by atoms with van der Waals surface area (Å²) in [7, 11) is 2.69. The third kappa shape index (κ3) is 4.25. The van der Waals surface area contributed by atoms with Gasteiger partial charge in [0.25, 0.3) is 0 Å². The van der Waals surface area contributed by atoms with Crippen molar-refractivity contribution in [2.24, 2.45) is 10.3 Å². The van der Waals surface area contributed by atoms with Gasteiger partial charge >= 0.3 is 5.97 Å². The second-order valence-corrected chi connectivity index (χ2v) is 7.24. The van der Waals surface area contributed by atoms with Crippen LogP contribution in [0.4, 0.5) is 0 Å². The van der Waals surface area contributed by atoms with Crippen LogP contribution in [0.15, 0.2) is 51.2 Å². The number of hydrogen-bond donors (Lipinski definition) is 0. The molecule has 1 aliphatic carbocycles. The van der Waals surface area contributed by atoms with Crippen molar-refractivity contribution < 1.29 is 19.2 Å². The molecule has 0 heterocycles. The Morgan fingerprint density at radius 3 is 2.75 bits per heavy atom. The Balaban J connectivity index is 1.86. The third-order valence-electron chi connectivity index (χ3n) is 4.62. The second-order valence-electron chi connectivity index (χ2n) is 6.33. The smallest absolute Gasteiger partial charge is 0.360 e. The van der Waals surface area contributed by atoms with Crippen molar-refractivity contribution >= 4 is 33.3 Å². The average Bonchev–Trinajstić information content (AvgIpc) is 3.09. The van der Waals surface area contributed by atoms with Gasteiger partial charge in [0.2, 0.25) is 0 Å². The Kier molecular flexibility index (Phi) is 6.46. The van der Waals surface area contributed by atoms with E-state index in [4.69, 9.17) is 14.4 Å². The number of halogens is 1. The Morgan fingerprint density at radius 1 is 1.18 bits per heavy atom. The summed E-state index contributed by atoms with van der Waals surface area (Å²) in [5.41, 5.74) is 5.75. The maximum atomic E-state index is 12.1. The maximum absolute atomic E-state index is 12.1. The van der Waals surface area contributed by atoms with Gasteiger partial charge in [0.05, 0.1) is 12.8 Å². The molecule has 0 aromatic heterocycles. The average molecular weight is 445 g/mol. The lowest BCUT2D eigenvalue weighted by Crippen LogP contribution is -2.20. The molecule has 3 rings (SSSR count). The lowest BCUT2D eigenvalue weighted by Gasteiger charge is -2.12. The van der Waals surface area contributed by atoms with Crippen LogP contribution in [0.3, 0.4) is 0 Å². The molecule has 0 saturated heterocycles. The minimum Gasteiger partial charge on any atom is -0.464 e. The number of nitrogens with zero attached hydrogens (tertiary/aromatic N) is 2. The SMILES string of the molecule is CO/N=C(/C(=O)OC)c1cccc(C)c1CO/N=C1\CCc2ccc(Br)cc21. The summed E-state index contributed by atoms with van der Waals surface area (Å²) in [6.45, 7) is 2.15. The van der Waals surface area contributed by atoms with Crippen molar-refractivity contribution in [2.75, 3.05) is 14.2 Å². The van der Waals surface area contributed by atoms with E-state index >= 15 is 0 Å². The van der Waals surface area contributed by atoms with Crippen LogP contribution >= 0.6 is 15.9 Å². The van der Waals surface area contributed by atoms with Crippen LogP contribution in [-0.2, 0) is 32.2 Å². The minimum atomic E-state index is -0.574. The molecule has 28 heavy (non-hydrogen) atoms. The van der Waals surface area contributed by atoms with E-state index in [0.717, 1.165) is 39.7 Å². The highest BCUT2D eigenvalue weighted by Gasteiger charge is 2.21. The topological polar surface area (TPSA) is 69.5 Å². The predicted molar refractivity (Wildman–Crippen MR) is 111 cm³/mol. The Morgan fingerprint density at radius 2 is 2.00 bits per heavy atom. The molecular weight excluding hydrogens is 424 g/mol. The molecule has 0 fully saturated rings. The summed E-state index contributed by atoms with van der Waals surface area (Å²) in [6, 6.07) is 11.8. The zero-order valence-corrected chi connectivity index (χ0v) is 17.6. The van der Waals surface area contributed by atoms with Crippen molar-refractivity contribution in [2.45, 2.75) is 26.4 Å². The largest absolute Gasteiger partial charge is 0.464 e. The molecule has 0 aliphatic heterocycles. The molecule has 0 N–H and O–H groups in total. The van der Waals surface area contributed by atoms with E-state index in [1.54, 1.807) is 6.07 Å². The number of benzene rings is 2. The number of ether oxygens (including phenoxy) is 1. The highest BCUT2D eigenvalue weighted by molar-refractivity contribution is 9.10. The van der Waals surface area contributed by atoms with Gasteiger partial charge in [0.1, 0.15) is 13.7 Å². The Labute approximate surface area is 172 Å². The van der Waals surface area contributed by atoms with E-state index in [0.29, 0.717) is 5.56 Å². The van der Waals surface area contributed by atoms with Gasteiger partial charge in [-0.1, -0.05) is 50.5 Å². The van der Waals surface area contributed by atoms with E-state index < -0.39 is 5.97 Å². The van der Waals surface area contributed by atoms with Gasteiger partial charge in [-0.05, 0) is 43.0 Å². The highest BCUT2D eigenvalue weighted by atomic mass is 79.9. The number of methoxy groups -OCH3 is 1. The van der Waals surface area contributed by atoms with E-state index in [2.05, 4.69) is 38.4 Å². The number of carbonyl (C=O) groups excluding carboxylic acids is 1. The van der Waals surface area contributed by atoms with Crippen molar-refractivity contribution in [1.29, 1.82) is 0 Å². The molecule has 0 atom stereocenters. The number of carbonyl (C=O) groups is 1. The fourth-order valence-electron chi connectivity index (χ4n) is 3.19. The summed E-state index contributed by atoms with van der Waals surface area (Å²) in [5.74, 6) is -0.574. The highest BCUT2D eigenvalue weighted by Crippen LogP contribution is 2.26. The van der Waals surface area contributed by atoms with E-state index in [9.17, 15) is 4.79 Å². The monoisotopic (exact) mass is 444 g/mol. The standard InChI is InChI=1S/C21H21BrN2O4/c1-13-5-4-6-16(20(24-27-3)21(25)26-2)18(13)12-28-23-19-10-8-14-7-9-15(22)11-17(14)19/h4-7,9,11H,8,10,12H2,1-3H3/b23-19+,24-20+. The molecule has 0 bridgehead atoms. The first kappa shape index (κ1) is 20.1. The fourth-order valence-corrected chi connectivity index (χ4v) is 3.55. The number of hydrogen-bond acceptors (Lipinski definition) is 6. The zero-order valence-electron chi connectivity index (χ0n) is 16.0. The van der Waals surface area contributed by atoms with Gasteiger partial charge in [-0.15, -0.1) is 0 Å². The van der Waals surface area contributed by atoms with Gasteiger partial charge in [-0.3, -0.25) is 0 Å². The molecule has 146 valence electrons. The molecule has 6 nitrogen and oxygen atoms in total. The number of aryl methyl sites for hydroxylation is 2. The van der Waals surface area contributed by atoms with Crippen LogP contribution in [0.2, 0.25) is 0 Å². The van der Waals surface area contributed by atoms with Gasteiger partial charge in [-0.2, -0.15) is 0 Å². The quantitative estimate of drug-likeness (QED) is 0.381. The van der Waals surface area contributed by atoms with Gasteiger partial charge in [0, 0.05) is 21.2 Å². The molecule has 0 amide bonds. The number of esters is 1. The van der Waals surface area contributed by atoms with Crippen molar-refractivity contribution in [3.05, 3.63) is 68.7 Å². The van der Waals surface area contributed by atoms with Crippen LogP contribution in [0.5, 0.6) is 0 Å². The molecular formula is C21H21BrN2O4. The number of oxime groups is 2. The number of rotatable bonds is 6. The van der Waals surface area contributed by atoms with Gasteiger partial charge in [0.15, 0.2) is 5.71 Å². The summed E-state index contributed by atoms with van der Waals surface area (Å²) in [5, 5.41) is 8.20. The van der Waals surface area contributed by atoms with Crippen LogP contribution in [0.25, 0.3) is 0 Å². The molecule has 1 aliphatic rings. The zero-order chi connectivity index (χ0) is 20.1. The van der Waals surface area contributed by atoms with Crippen molar-refractivity contribution in [3.63, 3.8) is 0 Å². The third-order valence-corrected chi connectivity index (χ3v) is 5.12. The molecule has 0 spiro atoms. The molecule has 2 aromatic carbocycles. The Bertz CT molecular complexity index is 953. The lowest BCUT2D eigenvalue weighted by atomic mass is 9.99. The van der Waals surface area contributed by atoms with Gasteiger partial charge < -0.3 is 14.4 Å². The molecule has 0 saturated carbocycles. The molecule has 7 heteroatoms. The van der Waals surface area contributed by atoms with Crippen LogP contribution in [0, 0.1) is 6.92 Å². The molecule has 0 unspecified atom stereocenters. The molecule has 0 radical (unpaired) electrons. The van der Waals surface area contributed by atoms with Crippen molar-refractivity contribution in [1.82, 2.24) is 0 Å². The normalized spacial score (nSPS) is 14.7. The second kappa shape index (κ2) is 9.01. The maximum Gasteiger partial charge on any atom is 0.360 e. The predicted octanol–water partition coefficient (Wildman–Crippen LogP) is 4.15. The van der Waals surface area contributed by atoms with Crippen molar-refractivity contribution in [3.8, 4) is 0 Å². The summed E-state index contributed by atoms with van der Waals surface area (Å²) >= 11 is 3.50. The van der Waals surface area contributed by atoms with Crippen LogP contribution in [0.1, 0.15) is 34.2 Å². The summed E-state index contributed by atoms with van der Waals surface area (Å²) < 4.78 is 5.84. The minimum absolute atomic E-state index is 0.0927. The first-order chi connectivity index (χ1) is 13.5. The van der Waals surface area contributed by atoms with E-state index in [1.807, 2.05) is 25.1 Å². The summed E-state index contributed by atoms with van der Waals surface area (Å²) in [6.07, 6.45) is 1.79. The summed E-state index contributed by atoms with van der Waals surface area (Å²) in [4.78, 5) is 22.6. The van der Waals surface area contributed by atoms with Gasteiger partial charge in [-0.25, -0.2) is 4.79 Å². The first-order valence-corrected chi connectivity index (χ1v) is 9.60. The van der Waals surface area contributed by atoms with E-state index in [-0.39, 0.29) is 12.3 Å². The van der Waals surface area contributed by atoms with Crippen LogP contribution < -0.4 is 0 Å². The lowest BCUT2D eigenvalue weighted by molar-refractivity contribution is -0.132. The first-order valence-electron chi connectivity index (χ1n) is 8.81. The Hall–Kier alpha value is -2.67. The van der Waals surface area contributed by atoms with E-state index in [1.165, 1.54) is 19.8 Å². The van der Waals surface area contributed by atoms with Crippen LogP contribution in [-0.4, -0.2) is 31.6 Å².